The van der Waals surface area contributed by atoms with Crippen LogP contribution in [0.25, 0.3) is 0 Å². The Hall–Kier alpha value is -1.26. The molecule has 1 fully saturated rings. The number of halogens is 1. The number of hydrogen-bond acceptors (Lipinski definition) is 3. The van der Waals surface area contributed by atoms with Gasteiger partial charge in [-0.15, -0.1) is 0 Å². The molecule has 0 aromatic heterocycles. The van der Waals surface area contributed by atoms with E-state index in [2.05, 4.69) is 0 Å². The molecule has 17 heavy (non-hydrogen) atoms. The zero-order chi connectivity index (χ0) is 12.6. The van der Waals surface area contributed by atoms with Crippen molar-refractivity contribution in [2.45, 2.75) is 18.9 Å². The Morgan fingerprint density at radius 1 is 1.59 bits per heavy atom. The van der Waals surface area contributed by atoms with Crippen LogP contribution < -0.4 is 10.6 Å². The minimum absolute atomic E-state index is 0.00636. The van der Waals surface area contributed by atoms with Crippen LogP contribution in [0.5, 0.6) is 0 Å². The fourth-order valence-electron chi connectivity index (χ4n) is 2.08. The Morgan fingerprint density at radius 2 is 2.29 bits per heavy atom. The van der Waals surface area contributed by atoms with E-state index in [0.29, 0.717) is 17.1 Å². The highest BCUT2D eigenvalue weighted by molar-refractivity contribution is 6.33. The highest BCUT2D eigenvalue weighted by Gasteiger charge is 2.32. The molecule has 2 rings (SSSR count). The molecule has 0 bridgehead atoms. The number of rotatable bonds is 2. The van der Waals surface area contributed by atoms with Crippen molar-refractivity contribution in [3.8, 4) is 0 Å². The van der Waals surface area contributed by atoms with Crippen LogP contribution in [-0.4, -0.2) is 29.6 Å². The van der Waals surface area contributed by atoms with Gasteiger partial charge in [-0.25, -0.2) is 0 Å². The molecule has 1 aromatic rings. The first kappa shape index (κ1) is 12.2. The molecule has 0 amide bonds. The second kappa shape index (κ2) is 4.20. The number of hydrogen-bond donors (Lipinski definition) is 3. The maximum absolute atomic E-state index is 9.92. The minimum Gasteiger partial charge on any atom is -0.388 e. The molecule has 1 unspecified atom stereocenters. The molecular weight excluding hydrogens is 238 g/mol. The number of aliphatic hydroxyl groups is 1. The Bertz CT molecular complexity index is 459. The van der Waals surface area contributed by atoms with Gasteiger partial charge in [-0.05, 0) is 31.5 Å². The summed E-state index contributed by atoms with van der Waals surface area (Å²) < 4.78 is 0. The molecular formula is C12H16ClN3O. The van der Waals surface area contributed by atoms with E-state index in [4.69, 9.17) is 22.7 Å². The van der Waals surface area contributed by atoms with E-state index in [1.54, 1.807) is 12.1 Å². The molecule has 4 nitrogen and oxygen atoms in total. The van der Waals surface area contributed by atoms with Crippen molar-refractivity contribution in [2.75, 3.05) is 18.0 Å². The summed E-state index contributed by atoms with van der Waals surface area (Å²) in [6.45, 7) is 3.18. The van der Waals surface area contributed by atoms with Crippen LogP contribution in [0, 0.1) is 5.41 Å². The van der Waals surface area contributed by atoms with Crippen molar-refractivity contribution in [1.29, 1.82) is 5.41 Å². The summed E-state index contributed by atoms with van der Waals surface area (Å²) in [5, 5.41) is 17.8. The summed E-state index contributed by atoms with van der Waals surface area (Å²) in [5.41, 5.74) is 6.25. The van der Waals surface area contributed by atoms with E-state index in [1.807, 2.05) is 17.9 Å². The molecule has 1 aliphatic heterocycles. The van der Waals surface area contributed by atoms with Gasteiger partial charge in [0.1, 0.15) is 5.84 Å². The SMILES string of the molecule is CC1(O)CCN(c2ccc(C(=N)N)cc2Cl)C1. The quantitative estimate of drug-likeness (QED) is 0.554. The summed E-state index contributed by atoms with van der Waals surface area (Å²) in [5.74, 6) is 0.00636. The summed E-state index contributed by atoms with van der Waals surface area (Å²) in [7, 11) is 0. The fraction of sp³-hybridized carbons (Fsp3) is 0.417. The summed E-state index contributed by atoms with van der Waals surface area (Å²) >= 11 is 6.17. The third-order valence-electron chi connectivity index (χ3n) is 3.05. The van der Waals surface area contributed by atoms with E-state index < -0.39 is 5.60 Å². The number of nitrogens with zero attached hydrogens (tertiary/aromatic N) is 1. The van der Waals surface area contributed by atoms with Gasteiger partial charge >= 0.3 is 0 Å². The van der Waals surface area contributed by atoms with Gasteiger partial charge in [-0.2, -0.15) is 0 Å². The molecule has 0 saturated carbocycles. The lowest BCUT2D eigenvalue weighted by Crippen LogP contribution is -2.29. The number of nitrogens with one attached hydrogen (secondary N) is 1. The average molecular weight is 254 g/mol. The Labute approximate surface area is 105 Å². The summed E-state index contributed by atoms with van der Waals surface area (Å²) in [6.07, 6.45) is 0.734. The molecule has 1 aliphatic rings. The van der Waals surface area contributed by atoms with Crippen LogP contribution >= 0.6 is 11.6 Å². The largest absolute Gasteiger partial charge is 0.388 e. The van der Waals surface area contributed by atoms with Gasteiger partial charge in [0.2, 0.25) is 0 Å². The van der Waals surface area contributed by atoms with E-state index in [-0.39, 0.29) is 5.84 Å². The molecule has 1 aromatic carbocycles. The first-order valence-electron chi connectivity index (χ1n) is 5.50. The lowest BCUT2D eigenvalue weighted by atomic mass is 10.1. The van der Waals surface area contributed by atoms with E-state index >= 15 is 0 Å². The summed E-state index contributed by atoms with van der Waals surface area (Å²) in [4.78, 5) is 2.05. The molecule has 1 saturated heterocycles. The summed E-state index contributed by atoms with van der Waals surface area (Å²) in [6, 6.07) is 5.31. The predicted octanol–water partition coefficient (Wildman–Crippen LogP) is 1.59. The van der Waals surface area contributed by atoms with Crippen molar-refractivity contribution < 1.29 is 5.11 Å². The monoisotopic (exact) mass is 253 g/mol. The van der Waals surface area contributed by atoms with Crippen molar-refractivity contribution >= 4 is 23.1 Å². The zero-order valence-corrected chi connectivity index (χ0v) is 10.5. The number of β-amino-alcohol motifs (C(OH)–C–C–N with tert-alkyl or cyclic N) is 1. The van der Waals surface area contributed by atoms with Crippen molar-refractivity contribution in [1.82, 2.24) is 0 Å². The van der Waals surface area contributed by atoms with Gasteiger partial charge in [-0.1, -0.05) is 11.6 Å². The molecule has 1 heterocycles. The molecule has 4 N–H and O–H groups in total. The van der Waals surface area contributed by atoms with Crippen LogP contribution in [0.15, 0.2) is 18.2 Å². The Balaban J connectivity index is 2.26. The van der Waals surface area contributed by atoms with E-state index in [0.717, 1.165) is 18.7 Å². The third kappa shape index (κ3) is 2.53. The predicted molar refractivity (Wildman–Crippen MR) is 69.9 cm³/mol. The molecule has 5 heteroatoms. The standard InChI is InChI=1S/C12H16ClN3O/c1-12(17)4-5-16(7-12)10-3-2-8(11(14)15)6-9(10)13/h2-3,6,17H,4-5,7H2,1H3,(H3,14,15). The second-order valence-electron chi connectivity index (χ2n) is 4.75. The van der Waals surface area contributed by atoms with Crippen LogP contribution in [0.3, 0.4) is 0 Å². The van der Waals surface area contributed by atoms with Gasteiger partial charge < -0.3 is 15.7 Å². The van der Waals surface area contributed by atoms with E-state index in [9.17, 15) is 5.11 Å². The van der Waals surface area contributed by atoms with Crippen LogP contribution in [-0.2, 0) is 0 Å². The highest BCUT2D eigenvalue weighted by atomic mass is 35.5. The van der Waals surface area contributed by atoms with Gasteiger partial charge in [0.15, 0.2) is 0 Å². The smallest absolute Gasteiger partial charge is 0.122 e. The molecule has 0 aliphatic carbocycles. The van der Waals surface area contributed by atoms with Crippen molar-refractivity contribution in [3.05, 3.63) is 28.8 Å². The van der Waals surface area contributed by atoms with Crippen LogP contribution in [0.4, 0.5) is 5.69 Å². The normalized spacial score (nSPS) is 24.1. The Kier molecular flexibility index (Phi) is 3.02. The van der Waals surface area contributed by atoms with Gasteiger partial charge in [-0.3, -0.25) is 5.41 Å². The fourth-order valence-corrected chi connectivity index (χ4v) is 2.38. The zero-order valence-electron chi connectivity index (χ0n) is 9.70. The van der Waals surface area contributed by atoms with E-state index in [1.165, 1.54) is 0 Å². The molecule has 92 valence electrons. The minimum atomic E-state index is -0.650. The van der Waals surface area contributed by atoms with Gasteiger partial charge in [0.25, 0.3) is 0 Å². The number of nitrogen functional groups attached to an aromatic ring is 1. The van der Waals surface area contributed by atoms with Gasteiger partial charge in [0.05, 0.1) is 16.3 Å². The number of benzene rings is 1. The van der Waals surface area contributed by atoms with Crippen LogP contribution in [0.1, 0.15) is 18.9 Å². The van der Waals surface area contributed by atoms with Gasteiger partial charge in [0, 0.05) is 18.7 Å². The third-order valence-corrected chi connectivity index (χ3v) is 3.35. The van der Waals surface area contributed by atoms with Crippen molar-refractivity contribution in [3.63, 3.8) is 0 Å². The molecule has 1 atom stereocenters. The Morgan fingerprint density at radius 3 is 2.76 bits per heavy atom. The average Bonchev–Trinajstić information content (AvgIpc) is 2.58. The maximum Gasteiger partial charge on any atom is 0.122 e. The first-order chi connectivity index (χ1) is 7.89. The topological polar surface area (TPSA) is 73.3 Å². The second-order valence-corrected chi connectivity index (χ2v) is 5.16. The maximum atomic E-state index is 9.92. The van der Waals surface area contributed by atoms with Crippen LogP contribution in [0.2, 0.25) is 5.02 Å². The lowest BCUT2D eigenvalue weighted by molar-refractivity contribution is 0.0839. The highest BCUT2D eigenvalue weighted by Crippen LogP contribution is 2.32. The number of anilines is 1. The number of nitrogens with two attached hydrogens (primary N) is 1. The number of amidine groups is 1. The first-order valence-corrected chi connectivity index (χ1v) is 5.88. The lowest BCUT2D eigenvalue weighted by Gasteiger charge is -2.22. The molecule has 0 spiro atoms. The van der Waals surface area contributed by atoms with Crippen molar-refractivity contribution in [2.24, 2.45) is 5.73 Å². The molecule has 0 radical (unpaired) electrons.